The number of allylic oxidation sites excluding steroid dienone is 2. The van der Waals surface area contributed by atoms with E-state index in [-0.39, 0.29) is 17.7 Å². The molecule has 3 rings (SSSR count). The van der Waals surface area contributed by atoms with Crippen molar-refractivity contribution < 1.29 is 14.7 Å². The number of rotatable bonds is 3. The van der Waals surface area contributed by atoms with Gasteiger partial charge in [0.25, 0.3) is 0 Å². The minimum atomic E-state index is -0.894. The van der Waals surface area contributed by atoms with Gasteiger partial charge in [-0.05, 0) is 18.3 Å². The molecule has 2 aliphatic rings. The van der Waals surface area contributed by atoms with E-state index in [0.717, 1.165) is 18.0 Å². The summed E-state index contributed by atoms with van der Waals surface area (Å²) in [5.41, 5.74) is 0. The highest BCUT2D eigenvalue weighted by molar-refractivity contribution is 7.10. The molecule has 1 fully saturated rings. The van der Waals surface area contributed by atoms with Crippen molar-refractivity contribution in [3.05, 3.63) is 18.3 Å². The van der Waals surface area contributed by atoms with E-state index in [2.05, 4.69) is 14.9 Å². The first-order valence-corrected chi connectivity index (χ1v) is 6.43. The summed E-state index contributed by atoms with van der Waals surface area (Å²) < 4.78 is 3.65. The molecule has 6 nitrogen and oxygen atoms in total. The van der Waals surface area contributed by atoms with Crippen LogP contribution in [0.1, 0.15) is 6.42 Å². The van der Waals surface area contributed by atoms with Crippen molar-refractivity contribution in [2.45, 2.75) is 6.42 Å². The van der Waals surface area contributed by atoms with Gasteiger partial charge in [-0.25, -0.2) is 0 Å². The molecule has 2 aliphatic carbocycles. The Hall–Kier alpha value is -1.76. The molecule has 0 aliphatic heterocycles. The van der Waals surface area contributed by atoms with Crippen LogP contribution in [0.15, 0.2) is 18.3 Å². The first-order valence-electron chi connectivity index (χ1n) is 5.66. The zero-order valence-corrected chi connectivity index (χ0v) is 10.1. The quantitative estimate of drug-likeness (QED) is 0.795. The van der Waals surface area contributed by atoms with E-state index >= 15 is 0 Å². The second-order valence-electron chi connectivity index (χ2n) is 4.61. The Morgan fingerprint density at radius 2 is 2.06 bits per heavy atom. The van der Waals surface area contributed by atoms with E-state index in [1.807, 2.05) is 12.2 Å². The highest BCUT2D eigenvalue weighted by atomic mass is 32.1. The van der Waals surface area contributed by atoms with Crippen molar-refractivity contribution in [3.8, 4) is 0 Å². The predicted molar refractivity (Wildman–Crippen MR) is 63.9 cm³/mol. The second kappa shape index (κ2) is 4.16. The monoisotopic (exact) mass is 265 g/mol. The lowest BCUT2D eigenvalue weighted by atomic mass is 9.82. The summed E-state index contributed by atoms with van der Waals surface area (Å²) in [5.74, 6) is -2.21. The van der Waals surface area contributed by atoms with Gasteiger partial charge in [-0.1, -0.05) is 16.6 Å². The van der Waals surface area contributed by atoms with Crippen LogP contribution in [0.5, 0.6) is 0 Å². The summed E-state index contributed by atoms with van der Waals surface area (Å²) in [7, 11) is 0. The van der Waals surface area contributed by atoms with Crippen LogP contribution in [-0.4, -0.2) is 26.6 Å². The van der Waals surface area contributed by atoms with Crippen LogP contribution >= 0.6 is 11.5 Å². The van der Waals surface area contributed by atoms with Gasteiger partial charge in [0.15, 0.2) is 0 Å². The van der Waals surface area contributed by atoms with E-state index in [4.69, 9.17) is 0 Å². The van der Waals surface area contributed by atoms with E-state index in [1.54, 1.807) is 0 Å². The van der Waals surface area contributed by atoms with Crippen molar-refractivity contribution in [1.29, 1.82) is 0 Å². The van der Waals surface area contributed by atoms with Crippen LogP contribution in [-0.2, 0) is 9.59 Å². The molecular weight excluding hydrogens is 254 g/mol. The molecular formula is C11H11N3O3S. The van der Waals surface area contributed by atoms with Gasteiger partial charge in [0, 0.05) is 11.5 Å². The predicted octanol–water partition coefficient (Wildman–Crippen LogP) is 1.000. The lowest BCUT2D eigenvalue weighted by Crippen LogP contribution is -2.36. The molecule has 1 aromatic rings. The third kappa shape index (κ3) is 1.71. The Morgan fingerprint density at radius 1 is 1.33 bits per heavy atom. The molecule has 2 bridgehead atoms. The van der Waals surface area contributed by atoms with Gasteiger partial charge in [-0.3, -0.25) is 9.59 Å². The van der Waals surface area contributed by atoms with Crippen molar-refractivity contribution in [2.24, 2.45) is 23.7 Å². The van der Waals surface area contributed by atoms with E-state index in [1.165, 1.54) is 6.20 Å². The first-order chi connectivity index (χ1) is 8.66. The van der Waals surface area contributed by atoms with E-state index < -0.39 is 17.8 Å². The topological polar surface area (TPSA) is 92.2 Å². The fourth-order valence-corrected chi connectivity index (χ4v) is 3.37. The van der Waals surface area contributed by atoms with Gasteiger partial charge >= 0.3 is 5.97 Å². The highest BCUT2D eigenvalue weighted by Crippen LogP contribution is 2.48. The Balaban J connectivity index is 1.80. The number of fused-ring (bicyclic) bond motifs is 2. The number of carbonyl (C=O) groups is 2. The van der Waals surface area contributed by atoms with Gasteiger partial charge in [0.2, 0.25) is 5.91 Å². The van der Waals surface area contributed by atoms with Gasteiger partial charge in [0.1, 0.15) is 5.00 Å². The van der Waals surface area contributed by atoms with Gasteiger partial charge in [0.05, 0.1) is 18.0 Å². The summed E-state index contributed by atoms with van der Waals surface area (Å²) in [5, 5.41) is 16.1. The molecule has 0 saturated heterocycles. The van der Waals surface area contributed by atoms with Crippen LogP contribution in [0.2, 0.25) is 0 Å². The minimum absolute atomic E-state index is 0.0113. The molecule has 7 heteroatoms. The van der Waals surface area contributed by atoms with Crippen LogP contribution < -0.4 is 5.32 Å². The first kappa shape index (κ1) is 11.3. The summed E-state index contributed by atoms with van der Waals surface area (Å²) in [6, 6.07) is 0. The molecule has 2 N–H and O–H groups in total. The molecule has 4 atom stereocenters. The molecule has 0 aromatic carbocycles. The summed E-state index contributed by atoms with van der Waals surface area (Å²) >= 11 is 1.08. The highest BCUT2D eigenvalue weighted by Gasteiger charge is 2.51. The van der Waals surface area contributed by atoms with E-state index in [0.29, 0.717) is 5.00 Å². The summed E-state index contributed by atoms with van der Waals surface area (Å²) in [6.45, 7) is 0. The maximum atomic E-state index is 12.2. The van der Waals surface area contributed by atoms with Crippen molar-refractivity contribution >= 4 is 28.4 Å². The minimum Gasteiger partial charge on any atom is -0.481 e. The number of aliphatic carboxylic acids is 1. The number of anilines is 1. The second-order valence-corrected chi connectivity index (χ2v) is 5.39. The molecule has 0 radical (unpaired) electrons. The van der Waals surface area contributed by atoms with Gasteiger partial charge < -0.3 is 10.4 Å². The van der Waals surface area contributed by atoms with Crippen LogP contribution in [0.25, 0.3) is 0 Å². The third-order valence-electron chi connectivity index (χ3n) is 3.65. The zero-order valence-electron chi connectivity index (χ0n) is 9.31. The maximum Gasteiger partial charge on any atom is 0.307 e. The van der Waals surface area contributed by atoms with Crippen LogP contribution in [0.3, 0.4) is 0 Å². The van der Waals surface area contributed by atoms with Crippen LogP contribution in [0, 0.1) is 23.7 Å². The Bertz CT molecular complexity index is 514. The number of nitrogens with one attached hydrogen (secondary N) is 1. The van der Waals surface area contributed by atoms with Crippen molar-refractivity contribution in [1.82, 2.24) is 9.59 Å². The number of aromatic nitrogens is 2. The molecule has 94 valence electrons. The molecule has 1 amide bonds. The smallest absolute Gasteiger partial charge is 0.307 e. The average molecular weight is 265 g/mol. The lowest BCUT2D eigenvalue weighted by molar-refractivity contribution is -0.146. The number of nitrogens with zero attached hydrogens (tertiary/aromatic N) is 2. The maximum absolute atomic E-state index is 12.2. The molecule has 1 heterocycles. The number of carbonyl (C=O) groups excluding carboxylic acids is 1. The lowest BCUT2D eigenvalue weighted by Gasteiger charge is -2.23. The SMILES string of the molecule is O=C(O)C1C2C=CC(C2)C1C(=O)Nc1cnns1. The zero-order chi connectivity index (χ0) is 12.7. The van der Waals surface area contributed by atoms with Crippen molar-refractivity contribution in [3.63, 3.8) is 0 Å². The molecule has 1 aromatic heterocycles. The normalized spacial score (nSPS) is 32.7. The largest absolute Gasteiger partial charge is 0.481 e. The van der Waals surface area contributed by atoms with Crippen molar-refractivity contribution in [2.75, 3.05) is 5.32 Å². The Labute approximate surface area is 107 Å². The van der Waals surface area contributed by atoms with Crippen LogP contribution in [0.4, 0.5) is 5.00 Å². The molecule has 18 heavy (non-hydrogen) atoms. The summed E-state index contributed by atoms with van der Waals surface area (Å²) in [4.78, 5) is 23.4. The van der Waals surface area contributed by atoms with Gasteiger partial charge in [-0.2, -0.15) is 0 Å². The Morgan fingerprint density at radius 3 is 2.67 bits per heavy atom. The molecule has 4 unspecified atom stereocenters. The average Bonchev–Trinajstić information content (AvgIpc) is 3.03. The third-order valence-corrected chi connectivity index (χ3v) is 4.23. The molecule has 1 saturated carbocycles. The fraction of sp³-hybridized carbons (Fsp3) is 0.455. The number of carboxylic acids is 1. The standard InChI is InChI=1S/C11H11N3O3S/c15-10(13-7-4-12-14-18-7)8-5-1-2-6(3-5)9(8)11(16)17/h1-2,4-6,8-9H,3H2,(H,13,15)(H,16,17). The number of amides is 1. The number of hydrogen-bond donors (Lipinski definition) is 2. The van der Waals surface area contributed by atoms with E-state index in [9.17, 15) is 14.7 Å². The Kier molecular flexibility index (Phi) is 2.62. The number of hydrogen-bond acceptors (Lipinski definition) is 5. The number of carboxylic acid groups (broad SMARTS) is 1. The fourth-order valence-electron chi connectivity index (χ4n) is 2.94. The molecule has 0 spiro atoms. The summed E-state index contributed by atoms with van der Waals surface area (Å²) in [6.07, 6.45) is 6.10. The van der Waals surface area contributed by atoms with Gasteiger partial charge in [-0.15, -0.1) is 5.10 Å².